The first-order valence-corrected chi connectivity index (χ1v) is 17.7. The molecule has 56 heavy (non-hydrogen) atoms. The molecule has 286 valence electrons. The van der Waals surface area contributed by atoms with Crippen LogP contribution in [0.1, 0.15) is 81.8 Å². The average molecular weight is 757 g/mol. The zero-order chi connectivity index (χ0) is 40.6. The number of hydrogen-bond donors (Lipinski definition) is 8. The zero-order valence-corrected chi connectivity index (χ0v) is 31.4. The van der Waals surface area contributed by atoms with Gasteiger partial charge in [-0.05, 0) is 72.2 Å². The summed E-state index contributed by atoms with van der Waals surface area (Å²) in [6.45, 7) is 10.5. The Balaban J connectivity index is 1.52. The van der Waals surface area contributed by atoms with Gasteiger partial charge in [0.25, 0.3) is 11.8 Å². The number of amides is 2. The summed E-state index contributed by atoms with van der Waals surface area (Å²) in [6.07, 6.45) is 8.11. The maximum absolute atomic E-state index is 13.8. The van der Waals surface area contributed by atoms with Crippen LogP contribution in [0.4, 0.5) is 0 Å². The number of aryl methyl sites for hydroxylation is 2. The molecule has 0 saturated heterocycles. The summed E-state index contributed by atoms with van der Waals surface area (Å²) < 4.78 is 0. The molecule has 0 atom stereocenters. The highest BCUT2D eigenvalue weighted by Crippen LogP contribution is 2.53. The lowest BCUT2D eigenvalue weighted by Gasteiger charge is -2.29. The lowest BCUT2D eigenvalue weighted by molar-refractivity contribution is -0.113. The van der Waals surface area contributed by atoms with E-state index in [4.69, 9.17) is 0 Å². The summed E-state index contributed by atoms with van der Waals surface area (Å²) >= 11 is 0. The van der Waals surface area contributed by atoms with Crippen molar-refractivity contribution in [2.24, 2.45) is 11.8 Å². The molecule has 2 heterocycles. The summed E-state index contributed by atoms with van der Waals surface area (Å²) in [5.41, 5.74) is 12.9. The average Bonchev–Trinajstić information content (AvgIpc) is 3.16. The number of aliphatic hydroxyl groups excluding tert-OH is 2. The van der Waals surface area contributed by atoms with Crippen molar-refractivity contribution in [1.29, 1.82) is 0 Å². The van der Waals surface area contributed by atoms with Gasteiger partial charge in [0.05, 0.1) is 11.1 Å². The number of phenols is 2. The molecule has 8 N–H and O–H groups in total. The number of nitrogens with zero attached hydrogens (tertiary/aromatic N) is 2. The number of fused-ring (bicyclic) bond motifs is 2. The monoisotopic (exact) mass is 756 g/mol. The van der Waals surface area contributed by atoms with Gasteiger partial charge in [0, 0.05) is 81.7 Å². The van der Waals surface area contributed by atoms with E-state index in [9.17, 15) is 39.6 Å². The molecule has 14 nitrogen and oxygen atoms in total. The van der Waals surface area contributed by atoms with Crippen molar-refractivity contribution in [2.45, 2.75) is 41.5 Å². The van der Waals surface area contributed by atoms with Gasteiger partial charge >= 0.3 is 0 Å². The number of allylic oxidation sites excluding steroid dienone is 4. The molecule has 0 fully saturated rings. The van der Waals surface area contributed by atoms with Crippen LogP contribution in [0, 0.1) is 25.7 Å². The maximum atomic E-state index is 13.8. The molecule has 2 aromatic heterocycles. The second-order valence-electron chi connectivity index (χ2n) is 14.0. The first-order chi connectivity index (χ1) is 26.6. The van der Waals surface area contributed by atoms with E-state index in [0.29, 0.717) is 22.3 Å². The van der Waals surface area contributed by atoms with E-state index in [-0.39, 0.29) is 67.5 Å². The molecule has 0 bridgehead atoms. The predicted molar refractivity (Wildman–Crippen MR) is 209 cm³/mol. The zero-order valence-electron chi connectivity index (χ0n) is 31.4. The second kappa shape index (κ2) is 15.3. The van der Waals surface area contributed by atoms with E-state index in [1.165, 1.54) is 61.5 Å². The number of aliphatic hydroxyl groups is 2. The summed E-state index contributed by atoms with van der Waals surface area (Å²) in [5.74, 6) is -5.30. The van der Waals surface area contributed by atoms with Crippen LogP contribution < -0.4 is 21.7 Å². The van der Waals surface area contributed by atoms with E-state index in [1.54, 1.807) is 53.7 Å². The summed E-state index contributed by atoms with van der Waals surface area (Å²) in [7, 11) is 0. The Kier molecular flexibility index (Phi) is 10.5. The molecule has 2 aliphatic carbocycles. The van der Waals surface area contributed by atoms with Gasteiger partial charge in [-0.2, -0.15) is 0 Å². The van der Waals surface area contributed by atoms with Crippen LogP contribution in [0.15, 0.2) is 85.1 Å². The van der Waals surface area contributed by atoms with Crippen molar-refractivity contribution in [2.75, 3.05) is 0 Å². The van der Waals surface area contributed by atoms with Gasteiger partial charge in [0.15, 0.2) is 11.5 Å². The molecule has 0 spiro atoms. The normalized spacial score (nSPS) is 15.4. The fourth-order valence-electron chi connectivity index (χ4n) is 7.13. The molecule has 0 radical (unpaired) electrons. The molecule has 0 aliphatic heterocycles. The van der Waals surface area contributed by atoms with Gasteiger partial charge in [-0.25, -0.2) is 0 Å². The van der Waals surface area contributed by atoms with Gasteiger partial charge < -0.3 is 31.3 Å². The van der Waals surface area contributed by atoms with Gasteiger partial charge in [-0.3, -0.25) is 40.0 Å². The molecule has 6 rings (SSSR count). The highest BCUT2D eigenvalue weighted by atomic mass is 16.3. The van der Waals surface area contributed by atoms with Crippen molar-refractivity contribution < 1.29 is 39.6 Å². The van der Waals surface area contributed by atoms with E-state index >= 15 is 0 Å². The summed E-state index contributed by atoms with van der Waals surface area (Å²) in [4.78, 5) is 60.9. The number of ketones is 2. The van der Waals surface area contributed by atoms with Crippen molar-refractivity contribution in [3.05, 3.63) is 130 Å². The molecular weight excluding hydrogens is 716 g/mol. The number of hydrazine groups is 2. The third-order valence-corrected chi connectivity index (χ3v) is 9.64. The molecule has 2 aromatic carbocycles. The Morgan fingerprint density at radius 2 is 0.929 bits per heavy atom. The number of rotatable bonds is 9. The largest absolute Gasteiger partial charge is 0.507 e. The number of phenolic OH excluding ortho intramolecular Hbond substituents is 2. The van der Waals surface area contributed by atoms with Crippen molar-refractivity contribution in [3.8, 4) is 22.6 Å². The first kappa shape index (κ1) is 38.5. The quantitative estimate of drug-likeness (QED) is 0.0757. The van der Waals surface area contributed by atoms with Gasteiger partial charge in [-0.15, -0.1) is 0 Å². The predicted octanol–water partition coefficient (Wildman–Crippen LogP) is 5.74. The van der Waals surface area contributed by atoms with Gasteiger partial charge in [0.2, 0.25) is 11.6 Å². The maximum Gasteiger partial charge on any atom is 0.269 e. The number of Topliss-reactive ketones (excluding diaryl/α,β-unsaturated/α-hetero) is 2. The highest BCUT2D eigenvalue weighted by Gasteiger charge is 2.38. The van der Waals surface area contributed by atoms with Crippen LogP contribution >= 0.6 is 0 Å². The lowest BCUT2D eigenvalue weighted by atomic mass is 9.75. The van der Waals surface area contributed by atoms with E-state index in [0.717, 1.165) is 0 Å². The Morgan fingerprint density at radius 1 is 0.589 bits per heavy atom. The topological polar surface area (TPSA) is 223 Å². The van der Waals surface area contributed by atoms with E-state index < -0.39 is 46.4 Å². The fraction of sp³-hybridized carbons (Fsp3) is 0.190. The summed E-state index contributed by atoms with van der Waals surface area (Å²) in [6, 6.07) is 9.35. The number of nitrogens with one attached hydrogen (secondary N) is 4. The minimum absolute atomic E-state index is 0.0343. The minimum atomic E-state index is -0.818. The molecule has 4 aromatic rings. The molecule has 0 saturated carbocycles. The van der Waals surface area contributed by atoms with Crippen molar-refractivity contribution in [3.63, 3.8) is 0 Å². The van der Waals surface area contributed by atoms with Crippen LogP contribution in [0.5, 0.6) is 11.5 Å². The number of benzene rings is 2. The number of carbonyl (C=O) groups excluding carboxylic acids is 4. The SMILES string of the molecule is Cc1cc2c(c(O)c1-c1c(C)cc3c(c1O)C(=CNNC(=O)c1ccncc1)C(=O)C(O)=C3C(C)C)C(=CNNC(=O)c1ccncc1)C(=O)C(O)=C2C(C)C. The van der Waals surface area contributed by atoms with Crippen molar-refractivity contribution in [1.82, 2.24) is 31.7 Å². The smallest absolute Gasteiger partial charge is 0.269 e. The number of aromatic hydroxyl groups is 2. The molecule has 14 heteroatoms. The number of pyridine rings is 2. The lowest BCUT2D eigenvalue weighted by Crippen LogP contribution is -2.34. The molecule has 0 unspecified atom stereocenters. The molecule has 2 aliphatic rings. The van der Waals surface area contributed by atoms with Crippen LogP contribution in [-0.4, -0.2) is 53.8 Å². The van der Waals surface area contributed by atoms with E-state index in [1.807, 2.05) is 0 Å². The van der Waals surface area contributed by atoms with Crippen LogP contribution in [0.3, 0.4) is 0 Å². The van der Waals surface area contributed by atoms with Crippen molar-refractivity contribution >= 4 is 45.7 Å². The standard InChI is InChI=1S/C42H40N6O8/c1-19(2)29-25-15-21(5)31(37(51)33(25)27(35(49)39(29)53)17-45-47-41(55)23-7-11-43-12-8-23)32-22(6)16-26-30(20(3)4)40(54)36(50)28(34(26)38(32)52)18-46-48-42(56)24-9-13-44-14-10-24/h7-20,45-46,51-54H,1-6H3,(H,47,55)(H,48,56). The minimum Gasteiger partial charge on any atom is -0.507 e. The molecule has 2 amide bonds. The highest BCUT2D eigenvalue weighted by molar-refractivity contribution is 6.35. The van der Waals surface area contributed by atoms with Gasteiger partial charge in [0.1, 0.15) is 11.5 Å². The van der Waals surface area contributed by atoms with Crippen LogP contribution in [0.25, 0.3) is 33.4 Å². The van der Waals surface area contributed by atoms with Crippen LogP contribution in [-0.2, 0) is 9.59 Å². The third kappa shape index (κ3) is 6.72. The number of hydrogen-bond acceptors (Lipinski definition) is 12. The number of aromatic nitrogens is 2. The third-order valence-electron chi connectivity index (χ3n) is 9.64. The molecular formula is C42H40N6O8. The first-order valence-electron chi connectivity index (χ1n) is 17.7. The van der Waals surface area contributed by atoms with Crippen LogP contribution in [0.2, 0.25) is 0 Å². The Hall–Kier alpha value is -7.22. The second-order valence-corrected chi connectivity index (χ2v) is 14.0. The Morgan fingerprint density at radius 3 is 1.25 bits per heavy atom. The Labute approximate surface area is 322 Å². The summed E-state index contributed by atoms with van der Waals surface area (Å²) in [5, 5.41) is 46.9. The fourth-order valence-corrected chi connectivity index (χ4v) is 7.13. The number of carbonyl (C=O) groups is 4. The van der Waals surface area contributed by atoms with E-state index in [2.05, 4.69) is 31.7 Å². The Bertz CT molecular complexity index is 2280. The van der Waals surface area contributed by atoms with Gasteiger partial charge in [-0.1, -0.05) is 39.8 Å².